The van der Waals surface area contributed by atoms with Crippen molar-refractivity contribution in [2.45, 2.75) is 26.2 Å². The molecule has 0 heterocycles. The maximum atomic E-state index is 11.9. The number of carbonyl (C=O) groups excluding carboxylic acids is 2. The van der Waals surface area contributed by atoms with Crippen molar-refractivity contribution in [1.29, 1.82) is 0 Å². The minimum absolute atomic E-state index is 0.0295. The van der Waals surface area contributed by atoms with Crippen LogP contribution in [0.4, 0.5) is 5.69 Å². The van der Waals surface area contributed by atoms with Crippen molar-refractivity contribution < 1.29 is 19.4 Å². The van der Waals surface area contributed by atoms with Crippen LogP contribution < -0.4 is 15.2 Å². The SMILES string of the molecule is CCc1ccc(OCCCC(=O)Nc2ccccc2C(=O)[O-])cc1. The van der Waals surface area contributed by atoms with Crippen LogP contribution >= 0.6 is 0 Å². The summed E-state index contributed by atoms with van der Waals surface area (Å²) < 4.78 is 5.58. The van der Waals surface area contributed by atoms with E-state index in [2.05, 4.69) is 12.2 Å². The zero-order chi connectivity index (χ0) is 17.4. The fourth-order valence-electron chi connectivity index (χ4n) is 2.23. The smallest absolute Gasteiger partial charge is 0.224 e. The van der Waals surface area contributed by atoms with E-state index in [1.807, 2.05) is 24.3 Å². The van der Waals surface area contributed by atoms with Crippen LogP contribution in [0.5, 0.6) is 5.75 Å². The summed E-state index contributed by atoms with van der Waals surface area (Å²) >= 11 is 0. The Morgan fingerprint density at radius 3 is 2.46 bits per heavy atom. The number of carboxylic acid groups (broad SMARTS) is 1. The number of hydrogen-bond acceptors (Lipinski definition) is 4. The zero-order valence-electron chi connectivity index (χ0n) is 13.6. The molecule has 2 rings (SSSR count). The molecular formula is C19H20NO4-. The first-order chi connectivity index (χ1) is 11.6. The van der Waals surface area contributed by atoms with Crippen molar-refractivity contribution in [3.63, 3.8) is 0 Å². The number of rotatable bonds is 8. The Morgan fingerprint density at radius 2 is 1.79 bits per heavy atom. The first kappa shape index (κ1) is 17.5. The van der Waals surface area contributed by atoms with Gasteiger partial charge in [0.25, 0.3) is 0 Å². The van der Waals surface area contributed by atoms with Crippen molar-refractivity contribution in [3.05, 3.63) is 59.7 Å². The lowest BCUT2D eigenvalue weighted by Crippen LogP contribution is -2.24. The molecule has 126 valence electrons. The van der Waals surface area contributed by atoms with E-state index in [0.29, 0.717) is 13.0 Å². The third-order valence-corrected chi connectivity index (χ3v) is 3.57. The molecule has 0 spiro atoms. The van der Waals surface area contributed by atoms with Gasteiger partial charge in [0.2, 0.25) is 5.91 Å². The van der Waals surface area contributed by atoms with Gasteiger partial charge >= 0.3 is 0 Å². The first-order valence-electron chi connectivity index (χ1n) is 7.92. The number of carbonyl (C=O) groups is 2. The highest BCUT2D eigenvalue weighted by Gasteiger charge is 2.07. The van der Waals surface area contributed by atoms with Gasteiger partial charge in [-0.1, -0.05) is 37.3 Å². The minimum atomic E-state index is -1.32. The first-order valence-corrected chi connectivity index (χ1v) is 7.92. The van der Waals surface area contributed by atoms with Gasteiger partial charge < -0.3 is 20.0 Å². The molecule has 2 aromatic rings. The fourth-order valence-corrected chi connectivity index (χ4v) is 2.23. The quantitative estimate of drug-likeness (QED) is 0.756. The maximum Gasteiger partial charge on any atom is 0.224 e. The average Bonchev–Trinajstić information content (AvgIpc) is 2.59. The second-order valence-electron chi connectivity index (χ2n) is 5.33. The third-order valence-electron chi connectivity index (χ3n) is 3.57. The zero-order valence-corrected chi connectivity index (χ0v) is 13.6. The number of aryl methyl sites for hydroxylation is 1. The Morgan fingerprint density at radius 1 is 1.08 bits per heavy atom. The molecule has 0 saturated carbocycles. The lowest BCUT2D eigenvalue weighted by Gasteiger charge is -2.11. The molecule has 0 fully saturated rings. The summed E-state index contributed by atoms with van der Waals surface area (Å²) in [5.74, 6) is -0.798. The molecule has 5 nitrogen and oxygen atoms in total. The van der Waals surface area contributed by atoms with E-state index in [4.69, 9.17) is 4.74 Å². The molecule has 0 aliphatic rings. The van der Waals surface area contributed by atoms with Crippen molar-refractivity contribution in [2.75, 3.05) is 11.9 Å². The van der Waals surface area contributed by atoms with E-state index in [1.54, 1.807) is 12.1 Å². The molecule has 0 saturated heterocycles. The fraction of sp³-hybridized carbons (Fsp3) is 0.263. The van der Waals surface area contributed by atoms with Gasteiger partial charge in [0.1, 0.15) is 5.75 Å². The summed E-state index contributed by atoms with van der Waals surface area (Å²) in [5, 5.41) is 13.6. The standard InChI is InChI=1S/C19H21NO4/c1-2-14-9-11-15(12-10-14)24-13-5-8-18(21)20-17-7-4-3-6-16(17)19(22)23/h3-4,6-7,9-12H,2,5,8,13H2,1H3,(H,20,21)(H,22,23)/p-1. The second-order valence-corrected chi connectivity index (χ2v) is 5.33. The van der Waals surface area contributed by atoms with E-state index < -0.39 is 5.97 Å². The van der Waals surface area contributed by atoms with Crippen LogP contribution in [-0.4, -0.2) is 18.5 Å². The summed E-state index contributed by atoms with van der Waals surface area (Å²) in [7, 11) is 0. The lowest BCUT2D eigenvalue weighted by molar-refractivity contribution is -0.254. The molecule has 0 unspecified atom stereocenters. The maximum absolute atomic E-state index is 11.9. The second kappa shape index (κ2) is 8.72. The lowest BCUT2D eigenvalue weighted by atomic mass is 10.1. The average molecular weight is 326 g/mol. The van der Waals surface area contributed by atoms with Crippen LogP contribution in [0.3, 0.4) is 0 Å². The van der Waals surface area contributed by atoms with E-state index in [0.717, 1.165) is 12.2 Å². The van der Waals surface area contributed by atoms with Crippen LogP contribution in [0, 0.1) is 0 Å². The van der Waals surface area contributed by atoms with Gasteiger partial charge in [-0.25, -0.2) is 0 Å². The number of ether oxygens (including phenoxy) is 1. The number of benzene rings is 2. The number of anilines is 1. The van der Waals surface area contributed by atoms with Crippen molar-refractivity contribution in [3.8, 4) is 5.75 Å². The summed E-state index contributed by atoms with van der Waals surface area (Å²) in [4.78, 5) is 22.9. The van der Waals surface area contributed by atoms with Gasteiger partial charge in [0.15, 0.2) is 0 Å². The number of para-hydroxylation sites is 1. The molecule has 0 bridgehead atoms. The molecule has 0 aromatic heterocycles. The van der Waals surface area contributed by atoms with Crippen molar-refractivity contribution >= 4 is 17.6 Å². The van der Waals surface area contributed by atoms with E-state index >= 15 is 0 Å². The summed E-state index contributed by atoms with van der Waals surface area (Å²) in [5.41, 5.74) is 1.46. The van der Waals surface area contributed by atoms with Gasteiger partial charge in [0.05, 0.1) is 12.6 Å². The topological polar surface area (TPSA) is 78.5 Å². The Bertz CT molecular complexity index is 695. The van der Waals surface area contributed by atoms with Crippen LogP contribution in [0.25, 0.3) is 0 Å². The molecular weight excluding hydrogens is 306 g/mol. The normalized spacial score (nSPS) is 10.2. The van der Waals surface area contributed by atoms with E-state index in [1.165, 1.54) is 17.7 Å². The predicted molar refractivity (Wildman–Crippen MR) is 90.0 cm³/mol. The van der Waals surface area contributed by atoms with Crippen LogP contribution in [0.2, 0.25) is 0 Å². The number of hydrogen-bond donors (Lipinski definition) is 1. The number of amides is 1. The molecule has 0 radical (unpaired) electrons. The number of aromatic carboxylic acids is 1. The third kappa shape index (κ3) is 5.12. The Balaban J connectivity index is 1.76. The minimum Gasteiger partial charge on any atom is -0.545 e. The molecule has 1 N–H and O–H groups in total. The Labute approximate surface area is 141 Å². The summed E-state index contributed by atoms with van der Waals surface area (Å²) in [6.07, 6.45) is 1.76. The summed E-state index contributed by atoms with van der Waals surface area (Å²) in [6, 6.07) is 14.0. The van der Waals surface area contributed by atoms with Gasteiger partial charge in [0, 0.05) is 17.7 Å². The summed E-state index contributed by atoms with van der Waals surface area (Å²) in [6.45, 7) is 2.51. The van der Waals surface area contributed by atoms with Crippen LogP contribution in [-0.2, 0) is 11.2 Å². The van der Waals surface area contributed by atoms with Crippen molar-refractivity contribution in [1.82, 2.24) is 0 Å². The molecule has 2 aromatic carbocycles. The molecule has 0 aliphatic heterocycles. The molecule has 0 aliphatic carbocycles. The number of carboxylic acids is 1. The van der Waals surface area contributed by atoms with Gasteiger partial charge in [-0.15, -0.1) is 0 Å². The Hall–Kier alpha value is -2.82. The van der Waals surface area contributed by atoms with Crippen LogP contribution in [0.15, 0.2) is 48.5 Å². The van der Waals surface area contributed by atoms with E-state index in [9.17, 15) is 14.7 Å². The van der Waals surface area contributed by atoms with E-state index in [-0.39, 0.29) is 23.6 Å². The molecule has 5 heteroatoms. The highest BCUT2D eigenvalue weighted by atomic mass is 16.5. The molecule has 1 amide bonds. The van der Waals surface area contributed by atoms with Gasteiger partial charge in [-0.2, -0.15) is 0 Å². The Kier molecular flexibility index (Phi) is 6.37. The van der Waals surface area contributed by atoms with Gasteiger partial charge in [-0.3, -0.25) is 4.79 Å². The van der Waals surface area contributed by atoms with Gasteiger partial charge in [-0.05, 0) is 36.6 Å². The number of nitrogens with one attached hydrogen (secondary N) is 1. The largest absolute Gasteiger partial charge is 0.545 e. The molecule has 0 atom stereocenters. The monoisotopic (exact) mass is 326 g/mol. The predicted octanol–water partition coefficient (Wildman–Crippen LogP) is 2.41. The highest BCUT2D eigenvalue weighted by molar-refractivity contribution is 5.99. The molecule has 24 heavy (non-hydrogen) atoms. The van der Waals surface area contributed by atoms with Crippen LogP contribution in [0.1, 0.15) is 35.7 Å². The highest BCUT2D eigenvalue weighted by Crippen LogP contribution is 2.15. The van der Waals surface area contributed by atoms with Crippen molar-refractivity contribution in [2.24, 2.45) is 0 Å².